The van der Waals surface area contributed by atoms with Crippen molar-refractivity contribution in [3.8, 4) is 0 Å². The van der Waals surface area contributed by atoms with Crippen molar-refractivity contribution < 1.29 is 19.8 Å². The van der Waals surface area contributed by atoms with Crippen LogP contribution in [0, 0.1) is 5.92 Å². The molecule has 1 aromatic heterocycles. The molecule has 3 atom stereocenters. The molecule has 7 nitrogen and oxygen atoms in total. The molecule has 1 heterocycles. The number of aliphatic hydroxyl groups is 1. The molecule has 1 aliphatic rings. The molecule has 1 amide bonds. The van der Waals surface area contributed by atoms with Crippen LogP contribution in [0.25, 0.3) is 0 Å². The molecular weight excluding hydrogens is 274 g/mol. The van der Waals surface area contributed by atoms with Crippen molar-refractivity contribution in [2.75, 3.05) is 0 Å². The second-order valence-corrected chi connectivity index (χ2v) is 5.53. The number of carbonyl (C=O) groups excluding carboxylic acids is 1. The molecule has 7 heteroatoms. The Kier molecular flexibility index (Phi) is 4.95. The number of aliphatic carboxylic acids is 1. The fraction of sp³-hybridized carbons (Fsp3) is 0.643. The molecule has 21 heavy (non-hydrogen) atoms. The standard InChI is InChI=1S/C14H21N3O4/c1-17-10(6-7-15-17)13(14(20)21)16-12(19)8-9-4-2-3-5-11(9)18/h6-7,9,11,13,18H,2-5,8H2,1H3,(H,16,19)(H,20,21)/t9-,11+,13?/m0/s1. The van der Waals surface area contributed by atoms with E-state index in [9.17, 15) is 19.8 Å². The first-order valence-electron chi connectivity index (χ1n) is 7.17. The molecule has 0 bridgehead atoms. The van der Waals surface area contributed by atoms with Gasteiger partial charge in [-0.15, -0.1) is 0 Å². The summed E-state index contributed by atoms with van der Waals surface area (Å²) in [7, 11) is 1.63. The lowest BCUT2D eigenvalue weighted by molar-refractivity contribution is -0.142. The zero-order valence-electron chi connectivity index (χ0n) is 12.0. The van der Waals surface area contributed by atoms with Crippen LogP contribution in [0.15, 0.2) is 12.3 Å². The third kappa shape index (κ3) is 3.81. The molecule has 116 valence electrons. The normalized spacial score (nSPS) is 23.5. The molecule has 0 saturated heterocycles. The van der Waals surface area contributed by atoms with Crippen LogP contribution in [0.3, 0.4) is 0 Å². The molecule has 0 aromatic carbocycles. The zero-order chi connectivity index (χ0) is 15.4. The van der Waals surface area contributed by atoms with Gasteiger partial charge in [-0.25, -0.2) is 4.79 Å². The van der Waals surface area contributed by atoms with Crippen molar-refractivity contribution in [2.45, 2.75) is 44.2 Å². The van der Waals surface area contributed by atoms with Crippen molar-refractivity contribution >= 4 is 11.9 Å². The van der Waals surface area contributed by atoms with Crippen LogP contribution in [0.4, 0.5) is 0 Å². The monoisotopic (exact) mass is 295 g/mol. The first kappa shape index (κ1) is 15.5. The van der Waals surface area contributed by atoms with E-state index in [-0.39, 0.29) is 18.2 Å². The van der Waals surface area contributed by atoms with Gasteiger partial charge in [-0.05, 0) is 24.8 Å². The van der Waals surface area contributed by atoms with Gasteiger partial charge in [0, 0.05) is 19.7 Å². The summed E-state index contributed by atoms with van der Waals surface area (Å²) in [6.45, 7) is 0. The van der Waals surface area contributed by atoms with Crippen molar-refractivity contribution in [1.82, 2.24) is 15.1 Å². The summed E-state index contributed by atoms with van der Waals surface area (Å²) in [6, 6.07) is 0.444. The second kappa shape index (κ2) is 6.71. The average Bonchev–Trinajstić information content (AvgIpc) is 2.84. The smallest absolute Gasteiger partial charge is 0.332 e. The van der Waals surface area contributed by atoms with Crippen molar-refractivity contribution in [3.63, 3.8) is 0 Å². The Balaban J connectivity index is 1.99. The summed E-state index contributed by atoms with van der Waals surface area (Å²) in [5, 5.41) is 25.6. The summed E-state index contributed by atoms with van der Waals surface area (Å²) in [4.78, 5) is 23.4. The molecule has 0 radical (unpaired) electrons. The van der Waals surface area contributed by atoms with Gasteiger partial charge in [0.1, 0.15) is 0 Å². The van der Waals surface area contributed by atoms with Gasteiger partial charge >= 0.3 is 5.97 Å². The summed E-state index contributed by atoms with van der Waals surface area (Å²) >= 11 is 0. The lowest BCUT2D eigenvalue weighted by Gasteiger charge is -2.27. The maximum Gasteiger partial charge on any atom is 0.332 e. The van der Waals surface area contributed by atoms with Crippen LogP contribution in [0.1, 0.15) is 43.8 Å². The quantitative estimate of drug-likeness (QED) is 0.738. The van der Waals surface area contributed by atoms with Crippen molar-refractivity contribution in [2.24, 2.45) is 13.0 Å². The van der Waals surface area contributed by atoms with E-state index >= 15 is 0 Å². The van der Waals surface area contributed by atoms with Crippen LogP contribution in [0.5, 0.6) is 0 Å². The molecular formula is C14H21N3O4. The number of rotatable bonds is 5. The summed E-state index contributed by atoms with van der Waals surface area (Å²) in [5.41, 5.74) is 0.417. The van der Waals surface area contributed by atoms with E-state index in [1.165, 1.54) is 10.9 Å². The fourth-order valence-corrected chi connectivity index (χ4v) is 2.81. The van der Waals surface area contributed by atoms with E-state index in [4.69, 9.17) is 0 Å². The highest BCUT2D eigenvalue weighted by Gasteiger charge is 2.29. The lowest BCUT2D eigenvalue weighted by Crippen LogP contribution is -2.37. The van der Waals surface area contributed by atoms with Gasteiger partial charge in [0.2, 0.25) is 5.91 Å². The second-order valence-electron chi connectivity index (χ2n) is 5.53. The van der Waals surface area contributed by atoms with Crippen LogP contribution >= 0.6 is 0 Å². The Morgan fingerprint density at radius 1 is 1.48 bits per heavy atom. The number of hydrogen-bond donors (Lipinski definition) is 3. The molecule has 1 saturated carbocycles. The van der Waals surface area contributed by atoms with Gasteiger partial charge in [-0.2, -0.15) is 5.10 Å². The van der Waals surface area contributed by atoms with Gasteiger partial charge in [0.15, 0.2) is 6.04 Å². The maximum absolute atomic E-state index is 12.1. The van der Waals surface area contributed by atoms with E-state index in [0.29, 0.717) is 12.1 Å². The van der Waals surface area contributed by atoms with Crippen LogP contribution < -0.4 is 5.32 Å². The molecule has 1 aromatic rings. The van der Waals surface area contributed by atoms with Gasteiger partial charge < -0.3 is 15.5 Å². The largest absolute Gasteiger partial charge is 0.479 e. The Morgan fingerprint density at radius 3 is 2.76 bits per heavy atom. The van der Waals surface area contributed by atoms with Gasteiger partial charge in [-0.3, -0.25) is 9.48 Å². The van der Waals surface area contributed by atoms with Gasteiger partial charge in [0.05, 0.1) is 11.8 Å². The highest BCUT2D eigenvalue weighted by Crippen LogP contribution is 2.27. The number of carboxylic acids is 1. The van der Waals surface area contributed by atoms with E-state index in [1.54, 1.807) is 13.1 Å². The predicted octanol–water partition coefficient (Wildman–Crippen LogP) is 0.603. The minimum absolute atomic E-state index is 0.0836. The number of carboxylic acid groups (broad SMARTS) is 1. The Hall–Kier alpha value is -1.89. The Bertz CT molecular complexity index is 514. The summed E-state index contributed by atoms with van der Waals surface area (Å²) < 4.78 is 1.43. The number of carbonyl (C=O) groups is 2. The van der Waals surface area contributed by atoms with Crippen LogP contribution in [0.2, 0.25) is 0 Å². The number of aryl methyl sites for hydroxylation is 1. The first-order valence-corrected chi connectivity index (χ1v) is 7.17. The van der Waals surface area contributed by atoms with Gasteiger partial charge in [-0.1, -0.05) is 12.8 Å². The van der Waals surface area contributed by atoms with Crippen LogP contribution in [-0.2, 0) is 16.6 Å². The molecule has 0 spiro atoms. The minimum Gasteiger partial charge on any atom is -0.479 e. The van der Waals surface area contributed by atoms with Crippen LogP contribution in [-0.4, -0.2) is 38.0 Å². The molecule has 2 rings (SSSR count). The third-order valence-corrected chi connectivity index (χ3v) is 4.02. The molecule has 1 aliphatic carbocycles. The number of amides is 1. The van der Waals surface area contributed by atoms with Crippen molar-refractivity contribution in [1.29, 1.82) is 0 Å². The minimum atomic E-state index is -1.13. The lowest BCUT2D eigenvalue weighted by atomic mass is 9.84. The third-order valence-electron chi connectivity index (χ3n) is 4.02. The maximum atomic E-state index is 12.1. The average molecular weight is 295 g/mol. The Labute approximate surface area is 123 Å². The topological polar surface area (TPSA) is 104 Å². The van der Waals surface area contributed by atoms with Gasteiger partial charge in [0.25, 0.3) is 0 Å². The molecule has 1 fully saturated rings. The number of nitrogens with zero attached hydrogens (tertiary/aromatic N) is 2. The predicted molar refractivity (Wildman–Crippen MR) is 74.3 cm³/mol. The van der Waals surface area contributed by atoms with E-state index < -0.39 is 18.1 Å². The number of aliphatic hydroxyl groups excluding tert-OH is 1. The number of hydrogen-bond acceptors (Lipinski definition) is 4. The fourth-order valence-electron chi connectivity index (χ4n) is 2.81. The highest BCUT2D eigenvalue weighted by molar-refractivity contribution is 5.84. The van der Waals surface area contributed by atoms with Crippen molar-refractivity contribution in [3.05, 3.63) is 18.0 Å². The first-order chi connectivity index (χ1) is 9.99. The van der Waals surface area contributed by atoms with E-state index in [0.717, 1.165) is 19.3 Å². The SMILES string of the molecule is Cn1nccc1C(NC(=O)C[C@@H]1CCCC[C@H]1O)C(=O)O. The molecule has 1 unspecified atom stereocenters. The van der Waals surface area contributed by atoms with E-state index in [1.807, 2.05) is 0 Å². The Morgan fingerprint density at radius 2 is 2.19 bits per heavy atom. The van der Waals surface area contributed by atoms with E-state index in [2.05, 4.69) is 10.4 Å². The summed E-state index contributed by atoms with van der Waals surface area (Å²) in [5.74, 6) is -1.56. The molecule has 3 N–H and O–H groups in total. The molecule has 0 aliphatic heterocycles. The highest BCUT2D eigenvalue weighted by atomic mass is 16.4. The summed E-state index contributed by atoms with van der Waals surface area (Å²) in [6.07, 6.45) is 4.67. The zero-order valence-corrected chi connectivity index (χ0v) is 12.0. The number of aromatic nitrogens is 2. The number of nitrogens with one attached hydrogen (secondary N) is 1.